The van der Waals surface area contributed by atoms with E-state index in [1.165, 1.54) is 0 Å². The Morgan fingerprint density at radius 3 is 2.36 bits per heavy atom. The number of carbonyl (C=O) groups excluding carboxylic acids is 1. The molecule has 0 saturated heterocycles. The van der Waals surface area contributed by atoms with Crippen molar-refractivity contribution < 1.29 is 14.3 Å². The van der Waals surface area contributed by atoms with Crippen molar-refractivity contribution in [2.45, 2.75) is 20.5 Å². The average molecular weight is 438 g/mol. The maximum absolute atomic E-state index is 12.8. The number of aryl methyl sites for hydroxylation is 2. The first-order valence-corrected chi connectivity index (χ1v) is 10.9. The van der Waals surface area contributed by atoms with Crippen LogP contribution in [0.4, 0.5) is 0 Å². The van der Waals surface area contributed by atoms with Gasteiger partial charge in [-0.25, -0.2) is 0 Å². The number of hydrogen-bond donors (Lipinski definition) is 0. The lowest BCUT2D eigenvalue weighted by Gasteiger charge is -2.14. The molecule has 0 unspecified atom stereocenters. The normalized spacial score (nSPS) is 11.0. The Balaban J connectivity index is 1.51. The molecule has 4 aromatic rings. The SMILES string of the molecule is COc1ccc(/C=C/C(=O)c2cccc(-n3cccc3)c2)cc1COc1c(C)cccc1C. The molecule has 0 aliphatic heterocycles. The van der Waals surface area contributed by atoms with Crippen molar-refractivity contribution in [3.05, 3.63) is 119 Å². The standard InChI is InChI=1S/C29H27NO3/c1-21-8-6-9-22(2)29(21)33-20-25-18-23(13-15-28(25)32-3)12-14-27(31)24-10-7-11-26(19-24)30-16-4-5-17-30/h4-19H,20H2,1-3H3/b14-12+. The molecule has 0 atom stereocenters. The molecule has 3 aromatic carbocycles. The second-order valence-electron chi connectivity index (χ2n) is 7.92. The number of carbonyl (C=O) groups is 1. The topological polar surface area (TPSA) is 40.5 Å². The molecule has 166 valence electrons. The van der Waals surface area contributed by atoms with E-state index in [9.17, 15) is 4.79 Å². The number of methoxy groups -OCH3 is 1. The van der Waals surface area contributed by atoms with Gasteiger partial charge in [0.2, 0.25) is 0 Å². The zero-order valence-electron chi connectivity index (χ0n) is 19.1. The third-order valence-corrected chi connectivity index (χ3v) is 5.55. The zero-order valence-corrected chi connectivity index (χ0v) is 19.1. The highest BCUT2D eigenvalue weighted by Crippen LogP contribution is 2.27. The van der Waals surface area contributed by atoms with Crippen LogP contribution in [0, 0.1) is 13.8 Å². The summed E-state index contributed by atoms with van der Waals surface area (Å²) in [5.41, 5.74) is 5.62. The Labute approximate surface area is 194 Å². The van der Waals surface area contributed by atoms with E-state index in [1.807, 2.05) is 110 Å². The van der Waals surface area contributed by atoms with E-state index in [2.05, 4.69) is 0 Å². The number of benzene rings is 3. The Hall–Kier alpha value is -4.05. The summed E-state index contributed by atoms with van der Waals surface area (Å²) in [6, 6.07) is 23.4. The van der Waals surface area contributed by atoms with Crippen molar-refractivity contribution in [1.29, 1.82) is 0 Å². The van der Waals surface area contributed by atoms with Crippen LogP contribution in [0.5, 0.6) is 11.5 Å². The molecule has 4 heteroatoms. The van der Waals surface area contributed by atoms with Crippen LogP contribution in [0.25, 0.3) is 11.8 Å². The van der Waals surface area contributed by atoms with E-state index in [4.69, 9.17) is 9.47 Å². The van der Waals surface area contributed by atoms with Gasteiger partial charge in [-0.3, -0.25) is 4.79 Å². The molecule has 0 amide bonds. The number of ketones is 1. The smallest absolute Gasteiger partial charge is 0.185 e. The maximum atomic E-state index is 12.8. The minimum absolute atomic E-state index is 0.0480. The molecule has 0 spiro atoms. The van der Waals surface area contributed by atoms with Gasteiger partial charge in [-0.1, -0.05) is 42.5 Å². The first kappa shape index (κ1) is 22.2. The Bertz CT molecular complexity index is 1270. The van der Waals surface area contributed by atoms with Crippen LogP contribution in [-0.2, 0) is 6.61 Å². The number of rotatable bonds is 8. The van der Waals surface area contributed by atoms with Crippen molar-refractivity contribution >= 4 is 11.9 Å². The monoisotopic (exact) mass is 437 g/mol. The molecule has 0 aliphatic rings. The number of nitrogens with zero attached hydrogens (tertiary/aromatic N) is 1. The lowest BCUT2D eigenvalue weighted by Crippen LogP contribution is -2.01. The third-order valence-electron chi connectivity index (χ3n) is 5.55. The van der Waals surface area contributed by atoms with Crippen molar-refractivity contribution in [2.24, 2.45) is 0 Å². The van der Waals surface area contributed by atoms with E-state index in [0.29, 0.717) is 12.2 Å². The minimum Gasteiger partial charge on any atom is -0.496 e. The van der Waals surface area contributed by atoms with E-state index in [0.717, 1.165) is 39.4 Å². The molecule has 33 heavy (non-hydrogen) atoms. The maximum Gasteiger partial charge on any atom is 0.185 e. The highest BCUT2D eigenvalue weighted by atomic mass is 16.5. The van der Waals surface area contributed by atoms with Crippen molar-refractivity contribution in [1.82, 2.24) is 4.57 Å². The molecule has 0 aliphatic carbocycles. The first-order valence-electron chi connectivity index (χ1n) is 10.9. The molecule has 1 heterocycles. The lowest BCUT2D eigenvalue weighted by atomic mass is 10.1. The van der Waals surface area contributed by atoms with E-state index in [1.54, 1.807) is 13.2 Å². The largest absolute Gasteiger partial charge is 0.496 e. The number of ether oxygens (including phenoxy) is 2. The van der Waals surface area contributed by atoms with Gasteiger partial charge >= 0.3 is 0 Å². The summed E-state index contributed by atoms with van der Waals surface area (Å²) in [7, 11) is 1.65. The van der Waals surface area contributed by atoms with Gasteiger partial charge in [0.25, 0.3) is 0 Å². The summed E-state index contributed by atoms with van der Waals surface area (Å²) in [4.78, 5) is 12.8. The van der Waals surface area contributed by atoms with Gasteiger partial charge in [-0.05, 0) is 73.0 Å². The van der Waals surface area contributed by atoms with Crippen molar-refractivity contribution in [3.8, 4) is 17.2 Å². The first-order chi connectivity index (χ1) is 16.0. The summed E-state index contributed by atoms with van der Waals surface area (Å²) in [6.45, 7) is 4.45. The molecule has 0 saturated carbocycles. The molecular weight excluding hydrogens is 410 g/mol. The lowest BCUT2D eigenvalue weighted by molar-refractivity contribution is 0.104. The highest BCUT2D eigenvalue weighted by Gasteiger charge is 2.09. The summed E-state index contributed by atoms with van der Waals surface area (Å²) >= 11 is 0. The predicted octanol–water partition coefficient (Wildman–Crippen LogP) is 6.58. The van der Waals surface area contributed by atoms with Crippen LogP contribution >= 0.6 is 0 Å². The van der Waals surface area contributed by atoms with Crippen molar-refractivity contribution in [2.75, 3.05) is 7.11 Å². The summed E-state index contributed by atoms with van der Waals surface area (Å²) in [5, 5.41) is 0. The minimum atomic E-state index is -0.0480. The summed E-state index contributed by atoms with van der Waals surface area (Å²) < 4.78 is 13.6. The fourth-order valence-electron chi connectivity index (χ4n) is 3.79. The molecule has 0 N–H and O–H groups in total. The average Bonchev–Trinajstić information content (AvgIpc) is 3.37. The van der Waals surface area contributed by atoms with Crippen LogP contribution in [0.15, 0.2) is 91.3 Å². The van der Waals surface area contributed by atoms with E-state index < -0.39 is 0 Å². The van der Waals surface area contributed by atoms with Crippen LogP contribution in [0.1, 0.15) is 32.6 Å². The second kappa shape index (κ2) is 10.0. The van der Waals surface area contributed by atoms with E-state index in [-0.39, 0.29) is 5.78 Å². The van der Waals surface area contributed by atoms with Gasteiger partial charge in [0.15, 0.2) is 5.78 Å². The van der Waals surface area contributed by atoms with Gasteiger partial charge in [-0.2, -0.15) is 0 Å². The van der Waals surface area contributed by atoms with Gasteiger partial charge in [-0.15, -0.1) is 0 Å². The number of para-hydroxylation sites is 1. The molecule has 0 fully saturated rings. The molecule has 4 rings (SSSR count). The molecule has 1 aromatic heterocycles. The van der Waals surface area contributed by atoms with Crippen molar-refractivity contribution in [3.63, 3.8) is 0 Å². The van der Waals surface area contributed by atoms with Crippen LogP contribution in [0.3, 0.4) is 0 Å². The van der Waals surface area contributed by atoms with E-state index >= 15 is 0 Å². The van der Waals surface area contributed by atoms with Crippen LogP contribution in [-0.4, -0.2) is 17.5 Å². The Kier molecular flexibility index (Phi) is 6.75. The predicted molar refractivity (Wildman–Crippen MR) is 132 cm³/mol. The number of hydrogen-bond acceptors (Lipinski definition) is 3. The fourth-order valence-corrected chi connectivity index (χ4v) is 3.79. The number of allylic oxidation sites excluding steroid dienone is 1. The van der Waals surface area contributed by atoms with Gasteiger partial charge in [0.05, 0.1) is 7.11 Å². The van der Waals surface area contributed by atoms with Gasteiger partial charge in [0.1, 0.15) is 18.1 Å². The second-order valence-corrected chi connectivity index (χ2v) is 7.92. The summed E-state index contributed by atoms with van der Waals surface area (Å²) in [5.74, 6) is 1.59. The molecule has 0 radical (unpaired) electrons. The quantitative estimate of drug-likeness (QED) is 0.231. The molecule has 0 bridgehead atoms. The molecule has 4 nitrogen and oxygen atoms in total. The highest BCUT2D eigenvalue weighted by molar-refractivity contribution is 6.07. The fraction of sp³-hybridized carbons (Fsp3) is 0.138. The van der Waals surface area contributed by atoms with Crippen LogP contribution in [0.2, 0.25) is 0 Å². The zero-order chi connectivity index (χ0) is 23.2. The summed E-state index contributed by atoms with van der Waals surface area (Å²) in [6.07, 6.45) is 7.34. The Morgan fingerprint density at radius 2 is 1.64 bits per heavy atom. The van der Waals surface area contributed by atoms with Gasteiger partial charge in [0, 0.05) is 29.2 Å². The van der Waals surface area contributed by atoms with Crippen LogP contribution < -0.4 is 9.47 Å². The third kappa shape index (κ3) is 5.24. The van der Waals surface area contributed by atoms with Gasteiger partial charge < -0.3 is 14.0 Å². The Morgan fingerprint density at radius 1 is 0.909 bits per heavy atom. The molecular formula is C29H27NO3. The number of aromatic nitrogens is 1.